The molecule has 1 fully saturated rings. The van der Waals surface area contributed by atoms with Gasteiger partial charge in [-0.3, -0.25) is 9.59 Å². The van der Waals surface area contributed by atoms with E-state index in [1.165, 1.54) is 0 Å². The Morgan fingerprint density at radius 1 is 1.12 bits per heavy atom. The zero-order valence-electron chi connectivity index (χ0n) is 18.9. The van der Waals surface area contributed by atoms with Gasteiger partial charge in [0.25, 0.3) is 0 Å². The highest BCUT2D eigenvalue weighted by atomic mass is 16.5. The summed E-state index contributed by atoms with van der Waals surface area (Å²) in [5.74, 6) is 1.41. The van der Waals surface area contributed by atoms with Crippen molar-refractivity contribution in [3.8, 4) is 11.6 Å². The lowest BCUT2D eigenvalue weighted by molar-refractivity contribution is -0.126. The molecule has 33 heavy (non-hydrogen) atoms. The van der Waals surface area contributed by atoms with Gasteiger partial charge < -0.3 is 20.3 Å². The molecule has 4 rings (SSSR count). The molecule has 3 aromatic rings. The molecular formula is C23H27N7O3. The molecule has 172 valence electrons. The van der Waals surface area contributed by atoms with E-state index >= 15 is 0 Å². The minimum absolute atomic E-state index is 0.0589. The second-order valence-corrected chi connectivity index (χ2v) is 7.94. The van der Waals surface area contributed by atoms with Gasteiger partial charge in [0.2, 0.25) is 11.8 Å². The number of rotatable bonds is 8. The molecule has 1 atom stereocenters. The third-order valence-electron chi connectivity index (χ3n) is 5.49. The third kappa shape index (κ3) is 5.11. The normalized spacial score (nSPS) is 15.5. The van der Waals surface area contributed by atoms with Gasteiger partial charge in [-0.2, -0.15) is 5.10 Å². The van der Waals surface area contributed by atoms with Crippen molar-refractivity contribution < 1.29 is 14.3 Å². The first-order valence-corrected chi connectivity index (χ1v) is 10.8. The molecular weight excluding hydrogens is 422 g/mol. The minimum Gasteiger partial charge on any atom is -0.497 e. The first kappa shape index (κ1) is 22.3. The van der Waals surface area contributed by atoms with E-state index < -0.39 is 0 Å². The molecule has 1 aliphatic rings. The molecule has 0 aliphatic carbocycles. The molecule has 1 aliphatic heterocycles. The van der Waals surface area contributed by atoms with E-state index in [0.717, 1.165) is 22.8 Å². The van der Waals surface area contributed by atoms with Gasteiger partial charge in [0.15, 0.2) is 5.82 Å². The van der Waals surface area contributed by atoms with Crippen LogP contribution in [0.15, 0.2) is 42.5 Å². The Morgan fingerprint density at radius 3 is 2.55 bits per heavy atom. The van der Waals surface area contributed by atoms with Crippen LogP contribution in [0.2, 0.25) is 0 Å². The van der Waals surface area contributed by atoms with Gasteiger partial charge in [0.1, 0.15) is 11.6 Å². The molecule has 10 nitrogen and oxygen atoms in total. The van der Waals surface area contributed by atoms with Crippen molar-refractivity contribution in [2.24, 2.45) is 5.92 Å². The molecule has 1 saturated heterocycles. The number of nitrogens with zero attached hydrogens (tertiary/aromatic N) is 5. The number of benzene rings is 1. The molecule has 0 saturated carbocycles. The van der Waals surface area contributed by atoms with Crippen molar-refractivity contribution in [3.63, 3.8) is 0 Å². The van der Waals surface area contributed by atoms with E-state index in [0.29, 0.717) is 31.3 Å². The van der Waals surface area contributed by atoms with Crippen LogP contribution < -0.4 is 20.3 Å². The van der Waals surface area contributed by atoms with Crippen LogP contribution in [0.5, 0.6) is 5.75 Å². The molecule has 0 bridgehead atoms. The fourth-order valence-corrected chi connectivity index (χ4v) is 3.81. The van der Waals surface area contributed by atoms with Crippen LogP contribution in [0.4, 0.5) is 11.5 Å². The number of carbonyl (C=O) groups excluding carboxylic acids is 2. The first-order valence-electron chi connectivity index (χ1n) is 10.8. The van der Waals surface area contributed by atoms with Crippen molar-refractivity contribution >= 4 is 23.3 Å². The Bertz CT molecular complexity index is 1130. The lowest BCUT2D eigenvalue weighted by atomic mass is 10.1. The fourth-order valence-electron chi connectivity index (χ4n) is 3.81. The number of amides is 2. The SMILES string of the molecule is COc1ccc(N2CC(C(=O)NCCNc3ccc(-n4nc(C)cc4C)nn3)CC2=O)cc1. The standard InChI is InChI=1S/C23H27N7O3/c1-15-12-16(2)30(28-15)21-9-8-20(26-27-21)24-10-11-25-23(32)17-13-22(31)29(14-17)18-4-6-19(33-3)7-5-18/h4-9,12,17H,10-11,13-14H2,1-3H3,(H,24,26)(H,25,32). The second-order valence-electron chi connectivity index (χ2n) is 7.94. The van der Waals surface area contributed by atoms with Crippen molar-refractivity contribution in [3.05, 3.63) is 53.9 Å². The summed E-state index contributed by atoms with van der Waals surface area (Å²) in [5.41, 5.74) is 2.67. The zero-order chi connectivity index (χ0) is 23.4. The van der Waals surface area contributed by atoms with Gasteiger partial charge in [-0.15, -0.1) is 10.2 Å². The Hall–Kier alpha value is -3.95. The molecule has 2 amide bonds. The Balaban J connectivity index is 1.23. The van der Waals surface area contributed by atoms with E-state index in [-0.39, 0.29) is 24.2 Å². The van der Waals surface area contributed by atoms with Gasteiger partial charge in [-0.25, -0.2) is 4.68 Å². The van der Waals surface area contributed by atoms with Gasteiger partial charge in [0, 0.05) is 37.4 Å². The van der Waals surface area contributed by atoms with Crippen molar-refractivity contribution in [1.82, 2.24) is 25.3 Å². The molecule has 0 radical (unpaired) electrons. The summed E-state index contributed by atoms with van der Waals surface area (Å²) in [6.07, 6.45) is 0.199. The van der Waals surface area contributed by atoms with Crippen LogP contribution in [0.3, 0.4) is 0 Å². The maximum atomic E-state index is 12.5. The van der Waals surface area contributed by atoms with Gasteiger partial charge >= 0.3 is 0 Å². The summed E-state index contributed by atoms with van der Waals surface area (Å²) in [7, 11) is 1.59. The summed E-state index contributed by atoms with van der Waals surface area (Å²) >= 11 is 0. The topological polar surface area (TPSA) is 114 Å². The van der Waals surface area contributed by atoms with E-state index in [9.17, 15) is 9.59 Å². The molecule has 3 heterocycles. The number of nitrogens with one attached hydrogen (secondary N) is 2. The van der Waals surface area contributed by atoms with Crippen molar-refractivity contribution in [1.29, 1.82) is 0 Å². The van der Waals surface area contributed by atoms with Crippen molar-refractivity contribution in [2.75, 3.05) is 37.0 Å². The highest BCUT2D eigenvalue weighted by molar-refractivity contribution is 6.00. The third-order valence-corrected chi connectivity index (χ3v) is 5.49. The molecule has 1 unspecified atom stereocenters. The number of methoxy groups -OCH3 is 1. The Labute approximate surface area is 192 Å². The Morgan fingerprint density at radius 2 is 1.91 bits per heavy atom. The predicted molar refractivity (Wildman–Crippen MR) is 124 cm³/mol. The molecule has 0 spiro atoms. The molecule has 2 N–H and O–H groups in total. The van der Waals surface area contributed by atoms with Gasteiger partial charge in [-0.05, 0) is 56.3 Å². The van der Waals surface area contributed by atoms with E-state index in [1.54, 1.807) is 28.8 Å². The smallest absolute Gasteiger partial charge is 0.227 e. The number of aryl methyl sites for hydroxylation is 2. The maximum absolute atomic E-state index is 12.5. The monoisotopic (exact) mass is 449 g/mol. The minimum atomic E-state index is -0.376. The number of aromatic nitrogens is 4. The fraction of sp³-hybridized carbons (Fsp3) is 0.348. The van der Waals surface area contributed by atoms with Crippen LogP contribution in [-0.4, -0.2) is 58.5 Å². The highest BCUT2D eigenvalue weighted by Gasteiger charge is 2.34. The van der Waals surface area contributed by atoms with E-state index in [4.69, 9.17) is 4.74 Å². The summed E-state index contributed by atoms with van der Waals surface area (Å²) in [6.45, 7) is 5.16. The quantitative estimate of drug-likeness (QED) is 0.505. The maximum Gasteiger partial charge on any atom is 0.227 e. The van der Waals surface area contributed by atoms with E-state index in [2.05, 4.69) is 25.9 Å². The summed E-state index contributed by atoms with van der Waals surface area (Å²) in [6, 6.07) is 12.9. The summed E-state index contributed by atoms with van der Waals surface area (Å²) in [5, 5.41) is 18.8. The number of ether oxygens (including phenoxy) is 1. The van der Waals surface area contributed by atoms with Crippen molar-refractivity contribution in [2.45, 2.75) is 20.3 Å². The van der Waals surface area contributed by atoms with Crippen LogP contribution >= 0.6 is 0 Å². The predicted octanol–water partition coefficient (Wildman–Crippen LogP) is 1.87. The first-order chi connectivity index (χ1) is 15.9. The van der Waals surface area contributed by atoms with Crippen LogP contribution in [-0.2, 0) is 9.59 Å². The summed E-state index contributed by atoms with van der Waals surface area (Å²) < 4.78 is 6.89. The van der Waals surface area contributed by atoms with Gasteiger partial charge in [-0.1, -0.05) is 0 Å². The largest absolute Gasteiger partial charge is 0.497 e. The average Bonchev–Trinajstić information content (AvgIpc) is 3.38. The summed E-state index contributed by atoms with van der Waals surface area (Å²) in [4.78, 5) is 26.6. The number of hydrogen-bond donors (Lipinski definition) is 2. The second kappa shape index (κ2) is 9.68. The number of carbonyl (C=O) groups is 2. The lowest BCUT2D eigenvalue weighted by Gasteiger charge is -2.17. The molecule has 2 aromatic heterocycles. The lowest BCUT2D eigenvalue weighted by Crippen LogP contribution is -2.35. The number of anilines is 2. The zero-order valence-corrected chi connectivity index (χ0v) is 18.9. The van der Waals surface area contributed by atoms with Crippen LogP contribution in [0.1, 0.15) is 17.8 Å². The van der Waals surface area contributed by atoms with E-state index in [1.807, 2.05) is 44.2 Å². The highest BCUT2D eigenvalue weighted by Crippen LogP contribution is 2.26. The van der Waals surface area contributed by atoms with Crippen LogP contribution in [0.25, 0.3) is 5.82 Å². The molecule has 10 heteroatoms. The number of hydrogen-bond acceptors (Lipinski definition) is 7. The molecule has 1 aromatic carbocycles. The average molecular weight is 450 g/mol. The Kier molecular flexibility index (Phi) is 6.53. The van der Waals surface area contributed by atoms with Gasteiger partial charge in [0.05, 0.1) is 18.7 Å². The van der Waals surface area contributed by atoms with Crippen LogP contribution in [0, 0.1) is 19.8 Å².